The van der Waals surface area contributed by atoms with Gasteiger partial charge in [-0.1, -0.05) is 42.1 Å². The van der Waals surface area contributed by atoms with Crippen molar-refractivity contribution in [2.45, 2.75) is 13.1 Å². The van der Waals surface area contributed by atoms with Gasteiger partial charge in [0, 0.05) is 23.3 Å². The summed E-state index contributed by atoms with van der Waals surface area (Å²) in [4.78, 5) is 24.2. The van der Waals surface area contributed by atoms with Crippen molar-refractivity contribution in [3.8, 4) is 11.5 Å². The summed E-state index contributed by atoms with van der Waals surface area (Å²) in [6.07, 6.45) is 1.53. The third-order valence-electron chi connectivity index (χ3n) is 5.13. The monoisotopic (exact) mass is 416 g/mol. The van der Waals surface area contributed by atoms with E-state index in [0.717, 1.165) is 17.0 Å². The third-order valence-corrected chi connectivity index (χ3v) is 5.13. The summed E-state index contributed by atoms with van der Waals surface area (Å²) in [6.45, 7) is 1.14. The van der Waals surface area contributed by atoms with Crippen LogP contribution >= 0.6 is 0 Å². The highest BCUT2D eigenvalue weighted by atomic mass is 16.6. The molecule has 7 nitrogen and oxygen atoms in total. The van der Waals surface area contributed by atoms with Gasteiger partial charge in [0.2, 0.25) is 5.78 Å². The first kappa shape index (κ1) is 20.3. The molecule has 4 rings (SSSR count). The highest BCUT2D eigenvalue weighted by Crippen LogP contribution is 2.38. The molecule has 31 heavy (non-hydrogen) atoms. The van der Waals surface area contributed by atoms with Crippen LogP contribution in [0.2, 0.25) is 0 Å². The first-order valence-electron chi connectivity index (χ1n) is 9.79. The standard InChI is InChI=1S/C24H20N2O5/c1-25(14-17-5-3-2-4-6-17)15-20-21(27)12-11-19-23(28)22(31-24(19)20)13-16-7-9-18(10-8-16)26(29)30/h2-13,27H,14-15H2,1H3. The summed E-state index contributed by atoms with van der Waals surface area (Å²) in [5.41, 5.74) is 2.53. The Morgan fingerprint density at radius 3 is 2.39 bits per heavy atom. The van der Waals surface area contributed by atoms with Gasteiger partial charge in [-0.25, -0.2) is 0 Å². The van der Waals surface area contributed by atoms with Crippen LogP contribution in [0.3, 0.4) is 0 Å². The number of hydrogen-bond acceptors (Lipinski definition) is 5. The van der Waals surface area contributed by atoms with Crippen molar-refractivity contribution in [2.24, 2.45) is 0 Å². The van der Waals surface area contributed by atoms with Gasteiger partial charge < -0.3 is 14.7 Å². The van der Waals surface area contributed by atoms with Gasteiger partial charge in [-0.05, 0) is 29.8 Å². The Kier molecular flexibility index (Phi) is 5.51. The Balaban J connectivity index is 1.58. The maximum atomic E-state index is 12.8. The molecule has 1 aliphatic heterocycles. The number of nitro groups is 1. The molecule has 1 unspecified atom stereocenters. The van der Waals surface area contributed by atoms with E-state index < -0.39 is 4.92 Å². The molecule has 0 saturated heterocycles. The lowest BCUT2D eigenvalue weighted by Gasteiger charge is -2.20. The van der Waals surface area contributed by atoms with Gasteiger partial charge in [0.05, 0.1) is 17.5 Å². The Bertz CT molecular complexity index is 1170. The topological polar surface area (TPSA) is 96.9 Å². The smallest absolute Gasteiger partial charge is 0.269 e. The maximum Gasteiger partial charge on any atom is 0.269 e. The van der Waals surface area contributed by atoms with Crippen LogP contribution in [0.15, 0.2) is 72.5 Å². The molecular weight excluding hydrogens is 396 g/mol. The number of carbonyl (C=O) groups is 1. The minimum absolute atomic E-state index is 0.0354. The van der Waals surface area contributed by atoms with Crippen LogP contribution in [0.25, 0.3) is 6.08 Å². The number of nitrogens with zero attached hydrogens (tertiary/aromatic N) is 1. The third kappa shape index (κ3) is 4.31. The first-order chi connectivity index (χ1) is 14.9. The molecule has 0 amide bonds. The van der Waals surface area contributed by atoms with Gasteiger partial charge in [-0.3, -0.25) is 14.9 Å². The van der Waals surface area contributed by atoms with Crippen molar-refractivity contribution < 1.29 is 24.5 Å². The quantitative estimate of drug-likeness (QED) is 0.378. The second kappa shape index (κ2) is 8.41. The van der Waals surface area contributed by atoms with Gasteiger partial charge in [0.1, 0.15) is 18.8 Å². The number of benzene rings is 3. The van der Waals surface area contributed by atoms with Crippen molar-refractivity contribution >= 4 is 17.5 Å². The summed E-state index contributed by atoms with van der Waals surface area (Å²) < 4.78 is 5.83. The van der Waals surface area contributed by atoms with Gasteiger partial charge in [-0.2, -0.15) is 0 Å². The maximum absolute atomic E-state index is 12.8. The average molecular weight is 416 g/mol. The van der Waals surface area contributed by atoms with Crippen LogP contribution in [0.4, 0.5) is 5.69 Å². The van der Waals surface area contributed by atoms with Gasteiger partial charge in [-0.15, -0.1) is 0 Å². The molecule has 156 valence electrons. The fourth-order valence-electron chi connectivity index (χ4n) is 3.61. The first-order valence-corrected chi connectivity index (χ1v) is 9.79. The molecule has 0 aromatic heterocycles. The van der Waals surface area contributed by atoms with Crippen molar-refractivity contribution in [1.82, 2.24) is 0 Å². The van der Waals surface area contributed by atoms with Crippen molar-refractivity contribution in [3.63, 3.8) is 0 Å². The number of carbonyl (C=O) groups excluding carboxylic acids is 1. The molecule has 1 aliphatic rings. The van der Waals surface area contributed by atoms with E-state index in [4.69, 9.17) is 4.74 Å². The number of Topliss-reactive ketones (excluding diaryl/α,β-unsaturated/α-hetero) is 1. The molecule has 1 heterocycles. The zero-order chi connectivity index (χ0) is 22.0. The molecular formula is C24H20N2O5. The molecule has 0 radical (unpaired) electrons. The van der Waals surface area contributed by atoms with Crippen LogP contribution in [0, 0.1) is 10.1 Å². The SMILES string of the molecule is C[NH+](Cc1ccccc1)Cc1c([O-])ccc2c1OC(=Cc1ccc([N+](=O)[O-])cc1)C2=O. The predicted octanol–water partition coefficient (Wildman–Crippen LogP) is 2.50. The van der Waals surface area contributed by atoms with Gasteiger partial charge >= 0.3 is 0 Å². The average Bonchev–Trinajstić information content (AvgIpc) is 3.07. The highest BCUT2D eigenvalue weighted by Gasteiger charge is 2.30. The Morgan fingerprint density at radius 1 is 1.00 bits per heavy atom. The van der Waals surface area contributed by atoms with Crippen LogP contribution in [0.5, 0.6) is 11.5 Å². The van der Waals surface area contributed by atoms with E-state index in [1.165, 1.54) is 30.3 Å². The summed E-state index contributed by atoms with van der Waals surface area (Å²) in [5, 5.41) is 23.4. The van der Waals surface area contributed by atoms with Gasteiger partial charge in [0.25, 0.3) is 5.69 Å². The van der Waals surface area contributed by atoms with Crippen LogP contribution in [-0.4, -0.2) is 17.8 Å². The molecule has 1 N–H and O–H groups in total. The zero-order valence-electron chi connectivity index (χ0n) is 16.8. The van der Waals surface area contributed by atoms with Crippen molar-refractivity contribution in [2.75, 3.05) is 7.05 Å². The molecule has 0 spiro atoms. The zero-order valence-corrected chi connectivity index (χ0v) is 16.8. The minimum Gasteiger partial charge on any atom is -0.872 e. The van der Waals surface area contributed by atoms with E-state index >= 15 is 0 Å². The molecule has 3 aromatic carbocycles. The number of nitro benzene ring substituents is 1. The minimum atomic E-state index is -0.486. The van der Waals surface area contributed by atoms with Crippen LogP contribution in [0.1, 0.15) is 27.0 Å². The molecule has 3 aromatic rings. The summed E-state index contributed by atoms with van der Waals surface area (Å²) in [5.74, 6) is -0.0830. The number of allylic oxidation sites excluding steroid dienone is 1. The number of quaternary nitrogens is 1. The number of fused-ring (bicyclic) bond motifs is 1. The summed E-state index contributed by atoms with van der Waals surface area (Å²) in [6, 6.07) is 18.7. The number of ketones is 1. The number of nitrogens with one attached hydrogen (secondary N) is 1. The predicted molar refractivity (Wildman–Crippen MR) is 113 cm³/mol. The number of ether oxygens (including phenoxy) is 1. The number of hydrogen-bond donors (Lipinski definition) is 1. The molecule has 0 bridgehead atoms. The Morgan fingerprint density at radius 2 is 1.71 bits per heavy atom. The second-order valence-corrected chi connectivity index (χ2v) is 7.50. The van der Waals surface area contributed by atoms with E-state index in [9.17, 15) is 20.0 Å². The van der Waals surface area contributed by atoms with E-state index in [1.54, 1.807) is 12.1 Å². The normalized spacial score (nSPS) is 14.9. The Labute approximate surface area is 179 Å². The van der Waals surface area contributed by atoms with Crippen LogP contribution < -0.4 is 14.7 Å². The van der Waals surface area contributed by atoms with E-state index in [2.05, 4.69) is 0 Å². The fraction of sp³-hybridized carbons (Fsp3) is 0.125. The molecule has 7 heteroatoms. The summed E-state index contributed by atoms with van der Waals surface area (Å²) in [7, 11) is 1.98. The van der Waals surface area contributed by atoms with Crippen LogP contribution in [-0.2, 0) is 13.1 Å². The van der Waals surface area contributed by atoms with Crippen molar-refractivity contribution in [3.05, 3.63) is 105 Å². The largest absolute Gasteiger partial charge is 0.872 e. The fourth-order valence-corrected chi connectivity index (χ4v) is 3.61. The number of rotatable bonds is 6. The number of non-ortho nitro benzene ring substituents is 1. The molecule has 1 atom stereocenters. The highest BCUT2D eigenvalue weighted by molar-refractivity contribution is 6.14. The lowest BCUT2D eigenvalue weighted by molar-refractivity contribution is -0.907. The summed E-state index contributed by atoms with van der Waals surface area (Å²) >= 11 is 0. The molecule has 0 fully saturated rings. The van der Waals surface area contributed by atoms with Gasteiger partial charge in [0.15, 0.2) is 5.76 Å². The lowest BCUT2D eigenvalue weighted by atomic mass is 10.0. The van der Waals surface area contributed by atoms with E-state index in [-0.39, 0.29) is 23.0 Å². The molecule has 0 aliphatic carbocycles. The lowest BCUT2D eigenvalue weighted by Crippen LogP contribution is -3.06. The molecule has 0 saturated carbocycles. The van der Waals surface area contributed by atoms with E-state index in [1.807, 2.05) is 37.4 Å². The Hall–Kier alpha value is -3.97. The second-order valence-electron chi connectivity index (χ2n) is 7.50. The van der Waals surface area contributed by atoms with E-state index in [0.29, 0.717) is 29.0 Å². The van der Waals surface area contributed by atoms with Crippen molar-refractivity contribution in [1.29, 1.82) is 0 Å².